The van der Waals surface area contributed by atoms with Crippen molar-refractivity contribution in [3.8, 4) is 10.4 Å². The van der Waals surface area contributed by atoms with E-state index in [4.69, 9.17) is 4.74 Å². The topological polar surface area (TPSA) is 55.4 Å². The first-order chi connectivity index (χ1) is 10.6. The van der Waals surface area contributed by atoms with Gasteiger partial charge in [-0.3, -0.25) is 9.59 Å². The lowest BCUT2D eigenvalue weighted by atomic mass is 10.2. The minimum Gasteiger partial charge on any atom is -0.466 e. The number of thiophene rings is 1. The van der Waals surface area contributed by atoms with Crippen LogP contribution in [0.15, 0.2) is 40.9 Å². The van der Waals surface area contributed by atoms with Gasteiger partial charge in [-0.15, -0.1) is 11.3 Å². The van der Waals surface area contributed by atoms with Gasteiger partial charge in [0, 0.05) is 15.9 Å². The zero-order valence-corrected chi connectivity index (χ0v) is 14.5. The van der Waals surface area contributed by atoms with Crippen LogP contribution in [0.2, 0.25) is 0 Å². The molecule has 1 N–H and O–H groups in total. The van der Waals surface area contributed by atoms with E-state index in [-0.39, 0.29) is 24.8 Å². The Kier molecular flexibility index (Phi) is 6.15. The molecular formula is C16H16BrNO3S. The fourth-order valence-electron chi connectivity index (χ4n) is 1.83. The van der Waals surface area contributed by atoms with Crippen LogP contribution in [-0.2, 0) is 9.53 Å². The number of esters is 1. The molecule has 22 heavy (non-hydrogen) atoms. The number of hydrogen-bond acceptors (Lipinski definition) is 4. The Bertz CT molecular complexity index is 652. The van der Waals surface area contributed by atoms with Crippen molar-refractivity contribution in [3.05, 3.63) is 45.7 Å². The molecule has 2 aromatic rings. The number of rotatable bonds is 6. The summed E-state index contributed by atoms with van der Waals surface area (Å²) in [5.41, 5.74) is 1.07. The molecule has 116 valence electrons. The van der Waals surface area contributed by atoms with Gasteiger partial charge in [-0.25, -0.2) is 0 Å². The lowest BCUT2D eigenvalue weighted by Crippen LogP contribution is -2.25. The monoisotopic (exact) mass is 381 g/mol. The summed E-state index contributed by atoms with van der Waals surface area (Å²) in [6.45, 7) is 2.39. The second-order valence-corrected chi connectivity index (χ2v) is 6.48. The number of hydrogen-bond donors (Lipinski definition) is 1. The van der Waals surface area contributed by atoms with Crippen molar-refractivity contribution < 1.29 is 14.3 Å². The number of carbonyl (C=O) groups excluding carboxylic acids is 2. The molecule has 0 unspecified atom stereocenters. The van der Waals surface area contributed by atoms with Gasteiger partial charge in [-0.05, 0) is 36.8 Å². The van der Waals surface area contributed by atoms with E-state index in [2.05, 4.69) is 21.2 Å². The molecule has 4 nitrogen and oxygen atoms in total. The average molecular weight is 382 g/mol. The number of ether oxygens (including phenoxy) is 1. The first-order valence-electron chi connectivity index (χ1n) is 6.89. The van der Waals surface area contributed by atoms with E-state index in [1.54, 1.807) is 13.0 Å². The van der Waals surface area contributed by atoms with Crippen LogP contribution in [0.4, 0.5) is 0 Å². The quantitative estimate of drug-likeness (QED) is 0.772. The fraction of sp³-hybridized carbons (Fsp3) is 0.250. The molecule has 0 saturated carbocycles. The van der Waals surface area contributed by atoms with Crippen LogP contribution in [0, 0.1) is 0 Å². The third-order valence-electron chi connectivity index (χ3n) is 2.88. The molecule has 0 radical (unpaired) electrons. The van der Waals surface area contributed by atoms with Gasteiger partial charge in [0.15, 0.2) is 0 Å². The Labute approximate surface area is 141 Å². The molecule has 1 aromatic carbocycles. The maximum absolute atomic E-state index is 12.0. The standard InChI is InChI=1S/C16H16BrNO3S/c1-2-21-15(19)9-10-18-16(20)14-8-7-13(22-14)11-3-5-12(17)6-4-11/h3-8H,2,9-10H2,1H3,(H,18,20). The highest BCUT2D eigenvalue weighted by molar-refractivity contribution is 9.10. The van der Waals surface area contributed by atoms with E-state index >= 15 is 0 Å². The largest absolute Gasteiger partial charge is 0.466 e. The molecule has 6 heteroatoms. The summed E-state index contributed by atoms with van der Waals surface area (Å²) < 4.78 is 5.83. The van der Waals surface area contributed by atoms with Crippen LogP contribution in [0.5, 0.6) is 0 Å². The van der Waals surface area contributed by atoms with Crippen molar-refractivity contribution in [2.75, 3.05) is 13.2 Å². The third kappa shape index (κ3) is 4.68. The maximum atomic E-state index is 12.0. The Hall–Kier alpha value is -1.66. The normalized spacial score (nSPS) is 10.3. The number of benzene rings is 1. The second-order valence-electron chi connectivity index (χ2n) is 4.48. The minimum atomic E-state index is -0.301. The Balaban J connectivity index is 1.92. The Morgan fingerprint density at radius 2 is 1.91 bits per heavy atom. The van der Waals surface area contributed by atoms with E-state index in [0.29, 0.717) is 11.5 Å². The lowest BCUT2D eigenvalue weighted by Gasteiger charge is -2.03. The summed E-state index contributed by atoms with van der Waals surface area (Å²) >= 11 is 4.82. The minimum absolute atomic E-state index is 0.169. The van der Waals surface area contributed by atoms with E-state index in [1.165, 1.54) is 11.3 Å². The van der Waals surface area contributed by atoms with Crippen LogP contribution in [0.25, 0.3) is 10.4 Å². The van der Waals surface area contributed by atoms with E-state index in [1.807, 2.05) is 30.3 Å². The van der Waals surface area contributed by atoms with Gasteiger partial charge in [0.25, 0.3) is 5.91 Å². The van der Waals surface area contributed by atoms with Crippen LogP contribution < -0.4 is 5.32 Å². The maximum Gasteiger partial charge on any atom is 0.307 e. The summed E-state index contributed by atoms with van der Waals surface area (Å²) in [4.78, 5) is 24.9. The van der Waals surface area contributed by atoms with Gasteiger partial charge in [-0.1, -0.05) is 28.1 Å². The molecule has 0 bridgehead atoms. The predicted octanol–water partition coefficient (Wildman–Crippen LogP) is 3.86. The van der Waals surface area contributed by atoms with Crippen molar-refractivity contribution >= 4 is 39.1 Å². The molecule has 0 aliphatic carbocycles. The summed E-state index contributed by atoms with van der Waals surface area (Å²) in [6.07, 6.45) is 0.185. The first kappa shape index (κ1) is 16.7. The number of halogens is 1. The summed E-state index contributed by atoms with van der Waals surface area (Å²) in [5, 5.41) is 2.73. The summed E-state index contributed by atoms with van der Waals surface area (Å²) in [6, 6.07) is 11.6. The number of carbonyl (C=O) groups is 2. The fourth-order valence-corrected chi connectivity index (χ4v) is 3.02. The molecule has 1 aromatic heterocycles. The molecule has 0 saturated heterocycles. The molecule has 0 aliphatic heterocycles. The smallest absolute Gasteiger partial charge is 0.307 e. The van der Waals surface area contributed by atoms with Crippen molar-refractivity contribution in [3.63, 3.8) is 0 Å². The van der Waals surface area contributed by atoms with Crippen molar-refractivity contribution in [2.45, 2.75) is 13.3 Å². The second kappa shape index (κ2) is 8.10. The van der Waals surface area contributed by atoms with Gasteiger partial charge in [-0.2, -0.15) is 0 Å². The van der Waals surface area contributed by atoms with Crippen LogP contribution >= 0.6 is 27.3 Å². The Morgan fingerprint density at radius 3 is 2.59 bits per heavy atom. The summed E-state index contributed by atoms with van der Waals surface area (Å²) in [7, 11) is 0. The van der Waals surface area contributed by atoms with Crippen LogP contribution in [-0.4, -0.2) is 25.0 Å². The molecule has 1 amide bonds. The Morgan fingerprint density at radius 1 is 1.18 bits per heavy atom. The average Bonchev–Trinajstić information content (AvgIpc) is 2.98. The highest BCUT2D eigenvalue weighted by atomic mass is 79.9. The highest BCUT2D eigenvalue weighted by Gasteiger charge is 2.11. The van der Waals surface area contributed by atoms with Gasteiger partial charge in [0.2, 0.25) is 0 Å². The van der Waals surface area contributed by atoms with Crippen molar-refractivity contribution in [2.24, 2.45) is 0 Å². The van der Waals surface area contributed by atoms with Gasteiger partial charge >= 0.3 is 5.97 Å². The van der Waals surface area contributed by atoms with E-state index in [0.717, 1.165) is 14.9 Å². The van der Waals surface area contributed by atoms with E-state index in [9.17, 15) is 9.59 Å². The zero-order chi connectivity index (χ0) is 15.9. The van der Waals surface area contributed by atoms with Crippen molar-refractivity contribution in [1.82, 2.24) is 5.32 Å². The SMILES string of the molecule is CCOC(=O)CCNC(=O)c1ccc(-c2ccc(Br)cc2)s1. The van der Waals surface area contributed by atoms with Gasteiger partial charge in [0.05, 0.1) is 17.9 Å². The number of amides is 1. The number of nitrogens with one attached hydrogen (secondary N) is 1. The molecule has 0 spiro atoms. The predicted molar refractivity (Wildman–Crippen MR) is 91.0 cm³/mol. The van der Waals surface area contributed by atoms with Gasteiger partial charge in [0.1, 0.15) is 0 Å². The molecule has 1 heterocycles. The van der Waals surface area contributed by atoms with E-state index < -0.39 is 0 Å². The lowest BCUT2D eigenvalue weighted by molar-refractivity contribution is -0.142. The van der Waals surface area contributed by atoms with Crippen LogP contribution in [0.1, 0.15) is 23.0 Å². The summed E-state index contributed by atoms with van der Waals surface area (Å²) in [5.74, 6) is -0.470. The molecule has 2 rings (SSSR count). The first-order valence-corrected chi connectivity index (χ1v) is 8.50. The van der Waals surface area contributed by atoms with Crippen molar-refractivity contribution in [1.29, 1.82) is 0 Å². The third-order valence-corrected chi connectivity index (χ3v) is 4.54. The highest BCUT2D eigenvalue weighted by Crippen LogP contribution is 2.29. The van der Waals surface area contributed by atoms with Crippen LogP contribution in [0.3, 0.4) is 0 Å². The molecular weight excluding hydrogens is 366 g/mol. The molecule has 0 aliphatic rings. The zero-order valence-electron chi connectivity index (χ0n) is 12.1. The van der Waals surface area contributed by atoms with Gasteiger partial charge < -0.3 is 10.1 Å². The molecule has 0 fully saturated rings. The molecule has 0 atom stereocenters.